The lowest BCUT2D eigenvalue weighted by molar-refractivity contribution is -0.140. The third-order valence-corrected chi connectivity index (χ3v) is 4.35. The third kappa shape index (κ3) is 6.31. The van der Waals surface area contributed by atoms with Crippen LogP contribution in [0.15, 0.2) is 0 Å². The molecule has 1 amide bonds. The largest absolute Gasteiger partial charge is 0.469 e. The molecule has 0 aliphatic carbocycles. The van der Waals surface area contributed by atoms with Crippen LogP contribution in [0, 0.1) is 0 Å². The number of likely N-dealkylation sites (N-methyl/N-ethyl adjacent to an activating group) is 1. The Bertz CT molecular complexity index is 435. The van der Waals surface area contributed by atoms with Crippen LogP contribution in [0.4, 0.5) is 0 Å². The van der Waals surface area contributed by atoms with Gasteiger partial charge in [-0.05, 0) is 13.8 Å². The molecule has 0 unspecified atom stereocenters. The fourth-order valence-electron chi connectivity index (χ4n) is 1.36. The van der Waals surface area contributed by atoms with E-state index in [-0.39, 0.29) is 31.5 Å². The Morgan fingerprint density at radius 1 is 1.20 bits per heavy atom. The molecule has 0 aliphatic rings. The van der Waals surface area contributed by atoms with Crippen LogP contribution < -0.4 is 5.32 Å². The predicted octanol–water partition coefficient (Wildman–Crippen LogP) is -0.817. The summed E-state index contributed by atoms with van der Waals surface area (Å²) in [6.45, 7) is 3.29. The predicted molar refractivity (Wildman–Crippen MR) is 74.1 cm³/mol. The lowest BCUT2D eigenvalue weighted by Crippen LogP contribution is -2.46. The van der Waals surface area contributed by atoms with Crippen LogP contribution in [0.25, 0.3) is 0 Å². The van der Waals surface area contributed by atoms with Crippen LogP contribution in [-0.2, 0) is 24.5 Å². The SMILES string of the molecule is COC(=O)CCN(C)S(=O)(=O)N(C)CC(=O)NC(C)C. The molecule has 0 radical (unpaired) electrons. The van der Waals surface area contributed by atoms with E-state index in [0.29, 0.717) is 0 Å². The number of hydrogen-bond donors (Lipinski definition) is 1. The number of carbonyl (C=O) groups is 2. The quantitative estimate of drug-likeness (QED) is 0.591. The Kier molecular flexibility index (Phi) is 7.69. The highest BCUT2D eigenvalue weighted by Gasteiger charge is 2.25. The molecule has 0 rings (SSSR count). The molecular weight excluding hydrogens is 286 g/mol. The highest BCUT2D eigenvalue weighted by atomic mass is 32.2. The van der Waals surface area contributed by atoms with E-state index in [1.807, 2.05) is 0 Å². The minimum atomic E-state index is -3.78. The number of methoxy groups -OCH3 is 1. The standard InChI is InChI=1S/C11H23N3O5S/c1-9(2)12-10(15)8-14(4)20(17,18)13(3)7-6-11(16)19-5/h9H,6-8H2,1-5H3,(H,12,15). The number of esters is 1. The lowest BCUT2D eigenvalue weighted by atomic mass is 10.4. The van der Waals surface area contributed by atoms with Crippen molar-refractivity contribution in [3.63, 3.8) is 0 Å². The van der Waals surface area contributed by atoms with Crippen LogP contribution in [0.2, 0.25) is 0 Å². The van der Waals surface area contributed by atoms with E-state index in [1.54, 1.807) is 13.8 Å². The van der Waals surface area contributed by atoms with E-state index in [1.165, 1.54) is 21.2 Å². The Labute approximate surface area is 120 Å². The minimum Gasteiger partial charge on any atom is -0.469 e. The molecule has 0 aromatic heterocycles. The maximum Gasteiger partial charge on any atom is 0.306 e. The molecule has 9 heteroatoms. The molecule has 0 bridgehead atoms. The molecule has 0 fully saturated rings. The number of nitrogens with zero attached hydrogens (tertiary/aromatic N) is 2. The van der Waals surface area contributed by atoms with Gasteiger partial charge in [-0.3, -0.25) is 9.59 Å². The van der Waals surface area contributed by atoms with Crippen LogP contribution >= 0.6 is 0 Å². The van der Waals surface area contributed by atoms with Crippen molar-refractivity contribution in [3.05, 3.63) is 0 Å². The molecule has 20 heavy (non-hydrogen) atoms. The Morgan fingerprint density at radius 3 is 2.20 bits per heavy atom. The smallest absolute Gasteiger partial charge is 0.306 e. The molecule has 8 nitrogen and oxygen atoms in total. The number of carbonyl (C=O) groups excluding carboxylic acids is 2. The average molecular weight is 309 g/mol. The average Bonchev–Trinajstić information content (AvgIpc) is 2.33. The summed E-state index contributed by atoms with van der Waals surface area (Å²) in [4.78, 5) is 22.5. The van der Waals surface area contributed by atoms with Gasteiger partial charge in [-0.25, -0.2) is 0 Å². The second kappa shape index (κ2) is 8.18. The molecule has 0 aliphatic heterocycles. The van der Waals surface area contributed by atoms with Gasteiger partial charge < -0.3 is 10.1 Å². The van der Waals surface area contributed by atoms with Crippen molar-refractivity contribution in [2.45, 2.75) is 26.3 Å². The van der Waals surface area contributed by atoms with E-state index in [4.69, 9.17) is 0 Å². The first kappa shape index (κ1) is 18.8. The number of ether oxygens (including phenoxy) is 1. The molecule has 0 atom stereocenters. The number of nitrogens with one attached hydrogen (secondary N) is 1. The van der Waals surface area contributed by atoms with Crippen molar-refractivity contribution in [1.29, 1.82) is 0 Å². The van der Waals surface area contributed by atoms with Gasteiger partial charge >= 0.3 is 5.97 Å². The first-order valence-electron chi connectivity index (χ1n) is 6.15. The summed E-state index contributed by atoms with van der Waals surface area (Å²) in [5.74, 6) is -0.875. The highest BCUT2D eigenvalue weighted by Crippen LogP contribution is 2.04. The van der Waals surface area contributed by atoms with Crippen molar-refractivity contribution < 1.29 is 22.7 Å². The summed E-state index contributed by atoms with van der Waals surface area (Å²) < 4.78 is 30.5. The van der Waals surface area contributed by atoms with Gasteiger partial charge in [0.25, 0.3) is 10.2 Å². The molecule has 118 valence electrons. The van der Waals surface area contributed by atoms with Crippen LogP contribution in [-0.4, -0.2) is 69.2 Å². The molecule has 0 saturated carbocycles. The van der Waals surface area contributed by atoms with Crippen LogP contribution in [0.5, 0.6) is 0 Å². The fraction of sp³-hybridized carbons (Fsp3) is 0.818. The van der Waals surface area contributed by atoms with Crippen LogP contribution in [0.1, 0.15) is 20.3 Å². The van der Waals surface area contributed by atoms with Gasteiger partial charge in [-0.1, -0.05) is 0 Å². The summed E-state index contributed by atoms with van der Waals surface area (Å²) >= 11 is 0. The van der Waals surface area contributed by atoms with Gasteiger partial charge in [0, 0.05) is 26.7 Å². The van der Waals surface area contributed by atoms with Gasteiger partial charge in [0.05, 0.1) is 20.1 Å². The first-order chi connectivity index (χ1) is 9.11. The Hall–Kier alpha value is -1.19. The third-order valence-electron chi connectivity index (χ3n) is 2.46. The van der Waals surface area contributed by atoms with E-state index in [9.17, 15) is 18.0 Å². The minimum absolute atomic E-state index is 0.00878. The molecule has 0 spiro atoms. The molecule has 0 saturated heterocycles. The van der Waals surface area contributed by atoms with Gasteiger partial charge in [0.15, 0.2) is 0 Å². The fourth-order valence-corrected chi connectivity index (χ4v) is 2.43. The molecule has 0 aromatic rings. The monoisotopic (exact) mass is 309 g/mol. The van der Waals surface area contributed by atoms with E-state index in [0.717, 1.165) is 8.61 Å². The normalized spacial score (nSPS) is 12.0. The second-order valence-corrected chi connectivity index (χ2v) is 6.78. The maximum atomic E-state index is 12.1. The van der Waals surface area contributed by atoms with Crippen molar-refractivity contribution in [2.75, 3.05) is 34.3 Å². The number of rotatable bonds is 8. The van der Waals surface area contributed by atoms with Crippen molar-refractivity contribution in [1.82, 2.24) is 13.9 Å². The van der Waals surface area contributed by atoms with Gasteiger partial charge in [-0.15, -0.1) is 0 Å². The van der Waals surface area contributed by atoms with Gasteiger partial charge in [-0.2, -0.15) is 17.0 Å². The van der Waals surface area contributed by atoms with E-state index >= 15 is 0 Å². The zero-order chi connectivity index (χ0) is 15.9. The number of amides is 1. The van der Waals surface area contributed by atoms with Gasteiger partial charge in [0.1, 0.15) is 0 Å². The summed E-state index contributed by atoms with van der Waals surface area (Å²) in [5.41, 5.74) is 0. The maximum absolute atomic E-state index is 12.1. The van der Waals surface area contributed by atoms with Crippen molar-refractivity contribution >= 4 is 22.1 Å². The summed E-state index contributed by atoms with van der Waals surface area (Å²) in [6.07, 6.45) is -0.0434. The Balaban J connectivity index is 4.53. The summed E-state index contributed by atoms with van der Waals surface area (Å²) in [5, 5.41) is 2.61. The lowest BCUT2D eigenvalue weighted by Gasteiger charge is -2.24. The van der Waals surface area contributed by atoms with E-state index in [2.05, 4.69) is 10.1 Å². The van der Waals surface area contributed by atoms with Crippen molar-refractivity contribution in [3.8, 4) is 0 Å². The topological polar surface area (TPSA) is 96.0 Å². The zero-order valence-corrected chi connectivity index (χ0v) is 13.4. The molecule has 1 N–H and O–H groups in total. The zero-order valence-electron chi connectivity index (χ0n) is 12.5. The Morgan fingerprint density at radius 2 is 1.75 bits per heavy atom. The number of hydrogen-bond acceptors (Lipinski definition) is 5. The summed E-state index contributed by atoms with van der Waals surface area (Å²) in [7, 11) is 0.111. The van der Waals surface area contributed by atoms with Crippen molar-refractivity contribution in [2.24, 2.45) is 0 Å². The van der Waals surface area contributed by atoms with Crippen LogP contribution in [0.3, 0.4) is 0 Å². The summed E-state index contributed by atoms with van der Waals surface area (Å²) in [6, 6.07) is -0.0596. The second-order valence-electron chi connectivity index (χ2n) is 4.63. The molecule has 0 aromatic carbocycles. The molecular formula is C11H23N3O5S. The van der Waals surface area contributed by atoms with E-state index < -0.39 is 16.2 Å². The highest BCUT2D eigenvalue weighted by molar-refractivity contribution is 7.86. The first-order valence-corrected chi connectivity index (χ1v) is 7.54. The molecule has 0 heterocycles. The van der Waals surface area contributed by atoms with Gasteiger partial charge in [0.2, 0.25) is 5.91 Å².